The largest absolute Gasteiger partial charge is 0.393 e. The Morgan fingerprint density at radius 1 is 1.39 bits per heavy atom. The molecule has 4 heteroatoms. The minimum absolute atomic E-state index is 0.0539. The second kappa shape index (κ2) is 7.10. The van der Waals surface area contributed by atoms with Crippen molar-refractivity contribution in [3.8, 4) is 0 Å². The monoisotopic (exact) mass is 256 g/mol. The highest BCUT2D eigenvalue weighted by Gasteiger charge is 2.21. The summed E-state index contributed by atoms with van der Waals surface area (Å²) in [5.41, 5.74) is -0.125. The third-order valence-corrected chi connectivity index (χ3v) is 3.84. The van der Waals surface area contributed by atoms with Crippen molar-refractivity contribution in [2.45, 2.75) is 64.5 Å². The molecule has 0 saturated heterocycles. The Morgan fingerprint density at radius 3 is 2.72 bits per heavy atom. The molecular weight excluding hydrogens is 228 g/mol. The van der Waals surface area contributed by atoms with Gasteiger partial charge in [0.05, 0.1) is 12.6 Å². The molecule has 0 heterocycles. The molecule has 1 rings (SSSR count). The van der Waals surface area contributed by atoms with E-state index in [0.29, 0.717) is 12.5 Å². The van der Waals surface area contributed by atoms with E-state index in [4.69, 9.17) is 0 Å². The van der Waals surface area contributed by atoms with E-state index in [1.54, 1.807) is 0 Å². The van der Waals surface area contributed by atoms with Crippen molar-refractivity contribution in [1.82, 2.24) is 10.6 Å². The van der Waals surface area contributed by atoms with E-state index in [9.17, 15) is 9.90 Å². The van der Waals surface area contributed by atoms with Crippen molar-refractivity contribution in [1.29, 1.82) is 0 Å². The van der Waals surface area contributed by atoms with Crippen molar-refractivity contribution < 1.29 is 9.90 Å². The van der Waals surface area contributed by atoms with Gasteiger partial charge in [0.1, 0.15) is 0 Å². The molecule has 0 aromatic carbocycles. The summed E-state index contributed by atoms with van der Waals surface area (Å²) < 4.78 is 0. The predicted molar refractivity (Wildman–Crippen MR) is 73.3 cm³/mol. The molecule has 18 heavy (non-hydrogen) atoms. The minimum Gasteiger partial charge on any atom is -0.393 e. The molecule has 2 atom stereocenters. The maximum absolute atomic E-state index is 11.7. The average Bonchev–Trinajstić information content (AvgIpc) is 2.28. The Bertz CT molecular complexity index is 267. The first-order chi connectivity index (χ1) is 8.43. The molecule has 0 spiro atoms. The van der Waals surface area contributed by atoms with E-state index < -0.39 is 0 Å². The molecular formula is C14H28N2O2. The van der Waals surface area contributed by atoms with E-state index in [0.717, 1.165) is 38.6 Å². The molecule has 1 amide bonds. The second-order valence-corrected chi connectivity index (χ2v) is 6.10. The summed E-state index contributed by atoms with van der Waals surface area (Å²) >= 11 is 0. The van der Waals surface area contributed by atoms with Crippen molar-refractivity contribution in [3.05, 3.63) is 0 Å². The maximum atomic E-state index is 11.7. The number of rotatable bonds is 6. The number of carbonyl (C=O) groups is 1. The highest BCUT2D eigenvalue weighted by Crippen LogP contribution is 2.23. The molecule has 4 nitrogen and oxygen atoms in total. The summed E-state index contributed by atoms with van der Waals surface area (Å²) in [7, 11) is 0. The lowest BCUT2D eigenvalue weighted by Gasteiger charge is -2.27. The molecule has 0 aromatic heterocycles. The molecule has 0 bridgehead atoms. The summed E-state index contributed by atoms with van der Waals surface area (Å²) in [6.45, 7) is 7.33. The zero-order valence-corrected chi connectivity index (χ0v) is 12.0. The van der Waals surface area contributed by atoms with E-state index in [1.165, 1.54) is 0 Å². The van der Waals surface area contributed by atoms with Gasteiger partial charge in [0, 0.05) is 5.54 Å². The van der Waals surface area contributed by atoms with Crippen molar-refractivity contribution in [3.63, 3.8) is 0 Å². The molecule has 0 aromatic rings. The normalized spacial score (nSPS) is 24.9. The third-order valence-electron chi connectivity index (χ3n) is 3.84. The molecule has 0 aliphatic heterocycles. The lowest BCUT2D eigenvalue weighted by molar-refractivity contribution is -0.121. The number of nitrogens with one attached hydrogen (secondary N) is 2. The average molecular weight is 256 g/mol. The SMILES string of the molecule is CCC(C)(C)NC(=O)CNCC1CCCC(O)C1. The van der Waals surface area contributed by atoms with Gasteiger partial charge in [-0.3, -0.25) is 4.79 Å². The van der Waals surface area contributed by atoms with Crippen molar-refractivity contribution in [2.75, 3.05) is 13.1 Å². The van der Waals surface area contributed by atoms with Gasteiger partial charge >= 0.3 is 0 Å². The van der Waals surface area contributed by atoms with Crippen LogP contribution in [0.3, 0.4) is 0 Å². The minimum atomic E-state index is -0.140. The highest BCUT2D eigenvalue weighted by atomic mass is 16.3. The standard InChI is InChI=1S/C14H28N2O2/c1-4-14(2,3)16-13(18)10-15-9-11-6-5-7-12(17)8-11/h11-12,15,17H,4-10H2,1-3H3,(H,16,18). The highest BCUT2D eigenvalue weighted by molar-refractivity contribution is 5.78. The lowest BCUT2D eigenvalue weighted by Crippen LogP contribution is -2.47. The molecule has 1 fully saturated rings. The number of hydrogen-bond donors (Lipinski definition) is 3. The van der Waals surface area contributed by atoms with E-state index in [2.05, 4.69) is 17.6 Å². The van der Waals surface area contributed by atoms with Crippen LogP contribution in [0.1, 0.15) is 52.9 Å². The molecule has 1 saturated carbocycles. The van der Waals surface area contributed by atoms with Gasteiger partial charge in [0.15, 0.2) is 0 Å². The van der Waals surface area contributed by atoms with Gasteiger partial charge in [-0.05, 0) is 52.0 Å². The smallest absolute Gasteiger partial charge is 0.234 e. The van der Waals surface area contributed by atoms with Gasteiger partial charge in [-0.15, -0.1) is 0 Å². The van der Waals surface area contributed by atoms with Gasteiger partial charge < -0.3 is 15.7 Å². The van der Waals surface area contributed by atoms with E-state index in [-0.39, 0.29) is 17.6 Å². The van der Waals surface area contributed by atoms with Crippen LogP contribution in [0, 0.1) is 5.92 Å². The first kappa shape index (κ1) is 15.4. The Kier molecular flexibility index (Phi) is 6.09. The summed E-state index contributed by atoms with van der Waals surface area (Å²) in [6, 6.07) is 0. The Labute approximate surface area is 111 Å². The first-order valence-electron chi connectivity index (χ1n) is 7.12. The fraction of sp³-hybridized carbons (Fsp3) is 0.929. The summed E-state index contributed by atoms with van der Waals surface area (Å²) in [5.74, 6) is 0.568. The summed E-state index contributed by atoms with van der Waals surface area (Å²) in [6.07, 6.45) is 4.84. The topological polar surface area (TPSA) is 61.4 Å². The lowest BCUT2D eigenvalue weighted by atomic mass is 9.87. The number of hydrogen-bond acceptors (Lipinski definition) is 3. The third kappa shape index (κ3) is 5.83. The van der Waals surface area contributed by atoms with Crippen LogP contribution in [0.25, 0.3) is 0 Å². The number of aliphatic hydroxyl groups excluding tert-OH is 1. The number of carbonyl (C=O) groups excluding carboxylic acids is 1. The Balaban J connectivity index is 2.15. The fourth-order valence-electron chi connectivity index (χ4n) is 2.35. The fourth-order valence-corrected chi connectivity index (χ4v) is 2.35. The molecule has 3 N–H and O–H groups in total. The van der Waals surface area contributed by atoms with Crippen LogP contribution >= 0.6 is 0 Å². The van der Waals surface area contributed by atoms with Crippen molar-refractivity contribution >= 4 is 5.91 Å². The van der Waals surface area contributed by atoms with Crippen LogP contribution in [0.2, 0.25) is 0 Å². The van der Waals surface area contributed by atoms with E-state index in [1.807, 2.05) is 13.8 Å². The van der Waals surface area contributed by atoms with Crippen LogP contribution in [-0.4, -0.2) is 35.7 Å². The van der Waals surface area contributed by atoms with Gasteiger partial charge in [-0.2, -0.15) is 0 Å². The predicted octanol–water partition coefficient (Wildman–Crippen LogP) is 1.43. The van der Waals surface area contributed by atoms with Gasteiger partial charge in [0.2, 0.25) is 5.91 Å². The quantitative estimate of drug-likeness (QED) is 0.674. The van der Waals surface area contributed by atoms with Gasteiger partial charge in [0.25, 0.3) is 0 Å². The van der Waals surface area contributed by atoms with Crippen LogP contribution in [0.5, 0.6) is 0 Å². The number of amides is 1. The van der Waals surface area contributed by atoms with Crippen LogP contribution in [0.15, 0.2) is 0 Å². The molecule has 0 radical (unpaired) electrons. The first-order valence-corrected chi connectivity index (χ1v) is 7.12. The zero-order valence-electron chi connectivity index (χ0n) is 12.0. The van der Waals surface area contributed by atoms with Crippen LogP contribution < -0.4 is 10.6 Å². The van der Waals surface area contributed by atoms with E-state index >= 15 is 0 Å². The van der Waals surface area contributed by atoms with Gasteiger partial charge in [-0.25, -0.2) is 0 Å². The summed E-state index contributed by atoms with van der Waals surface area (Å²) in [4.78, 5) is 11.7. The second-order valence-electron chi connectivity index (χ2n) is 6.10. The molecule has 1 aliphatic rings. The molecule has 2 unspecified atom stereocenters. The molecule has 1 aliphatic carbocycles. The van der Waals surface area contributed by atoms with Gasteiger partial charge in [-0.1, -0.05) is 13.3 Å². The maximum Gasteiger partial charge on any atom is 0.234 e. The van der Waals surface area contributed by atoms with Crippen LogP contribution in [0.4, 0.5) is 0 Å². The Morgan fingerprint density at radius 2 is 2.11 bits per heavy atom. The zero-order chi connectivity index (χ0) is 13.6. The number of aliphatic hydroxyl groups is 1. The van der Waals surface area contributed by atoms with Crippen molar-refractivity contribution in [2.24, 2.45) is 5.92 Å². The van der Waals surface area contributed by atoms with Crippen LogP contribution in [-0.2, 0) is 4.79 Å². The molecule has 106 valence electrons. The summed E-state index contributed by atoms with van der Waals surface area (Å²) in [5, 5.41) is 15.8. The Hall–Kier alpha value is -0.610.